The van der Waals surface area contributed by atoms with Gasteiger partial charge in [-0.3, -0.25) is 14.7 Å². The fraction of sp³-hybridized carbons (Fsp3) is 0.500. The highest BCUT2D eigenvalue weighted by Gasteiger charge is 2.34. The number of nitrogens with zero attached hydrogens (tertiary/aromatic N) is 4. The zero-order valence-electron chi connectivity index (χ0n) is 12.4. The number of amides is 1. The summed E-state index contributed by atoms with van der Waals surface area (Å²) < 4.78 is 0. The minimum atomic E-state index is -0.530. The van der Waals surface area contributed by atoms with Crippen LogP contribution in [-0.2, 0) is 0 Å². The van der Waals surface area contributed by atoms with Gasteiger partial charge in [0, 0.05) is 38.6 Å². The van der Waals surface area contributed by atoms with Crippen molar-refractivity contribution < 1.29 is 10.0 Å². The molecule has 7 heteroatoms. The molecule has 0 bridgehead atoms. The van der Waals surface area contributed by atoms with Crippen molar-refractivity contribution in [3.8, 4) is 0 Å². The number of hydrogen-bond donors (Lipinski definition) is 2. The largest absolute Gasteiger partial charge is 0.409 e. The molecule has 0 spiro atoms. The maximum absolute atomic E-state index is 12.3. The topological polar surface area (TPSA) is 95.0 Å². The number of nitrogens with two attached hydrogens (primary N) is 1. The van der Waals surface area contributed by atoms with Gasteiger partial charge in [0.05, 0.1) is 11.1 Å². The fourth-order valence-corrected chi connectivity index (χ4v) is 2.42. The molecule has 0 atom stereocenters. The van der Waals surface area contributed by atoms with Crippen LogP contribution in [0.2, 0.25) is 0 Å². The average Bonchev–Trinajstić information content (AvgIpc) is 2.54. The molecule has 1 fully saturated rings. The number of carbonyl (C=O) groups is 1. The number of carbonyl (C=O) groups excluding carboxylic acids is 1. The standard InChI is InChI=1S/C14H21N5O2/c1-14(2,13(15)17-21)19-8-6-18(7-9-19)12(20)11-4-3-5-16-10-11/h3-5,10,21H,6-9H2,1-2H3,(H2,15,17). The van der Waals surface area contributed by atoms with Gasteiger partial charge in [-0.1, -0.05) is 5.16 Å². The molecule has 2 rings (SSSR count). The lowest BCUT2D eigenvalue weighted by Gasteiger charge is -2.43. The van der Waals surface area contributed by atoms with E-state index in [4.69, 9.17) is 10.9 Å². The molecule has 1 saturated heterocycles. The molecule has 3 N–H and O–H groups in total. The maximum Gasteiger partial charge on any atom is 0.255 e. The molecule has 7 nitrogen and oxygen atoms in total. The molecule has 114 valence electrons. The van der Waals surface area contributed by atoms with E-state index in [-0.39, 0.29) is 11.7 Å². The minimum Gasteiger partial charge on any atom is -0.409 e. The van der Waals surface area contributed by atoms with Gasteiger partial charge in [0.2, 0.25) is 0 Å². The smallest absolute Gasteiger partial charge is 0.255 e. The van der Waals surface area contributed by atoms with Crippen LogP contribution in [0.25, 0.3) is 0 Å². The van der Waals surface area contributed by atoms with E-state index in [2.05, 4.69) is 15.0 Å². The number of aromatic nitrogens is 1. The number of rotatable bonds is 3. The summed E-state index contributed by atoms with van der Waals surface area (Å²) in [5, 5.41) is 12.0. The molecule has 1 aromatic rings. The van der Waals surface area contributed by atoms with Crippen molar-refractivity contribution in [2.75, 3.05) is 26.2 Å². The molecule has 1 aliphatic rings. The first-order valence-electron chi connectivity index (χ1n) is 6.89. The summed E-state index contributed by atoms with van der Waals surface area (Å²) in [7, 11) is 0. The molecule has 0 saturated carbocycles. The van der Waals surface area contributed by atoms with Crippen molar-refractivity contribution in [3.63, 3.8) is 0 Å². The van der Waals surface area contributed by atoms with Gasteiger partial charge in [0.25, 0.3) is 5.91 Å². The maximum atomic E-state index is 12.3. The second kappa shape index (κ2) is 6.09. The van der Waals surface area contributed by atoms with Crippen LogP contribution >= 0.6 is 0 Å². The van der Waals surface area contributed by atoms with Gasteiger partial charge in [-0.25, -0.2) is 0 Å². The molecule has 1 aliphatic heterocycles. The monoisotopic (exact) mass is 291 g/mol. The van der Waals surface area contributed by atoms with Crippen LogP contribution < -0.4 is 5.73 Å². The first-order valence-corrected chi connectivity index (χ1v) is 6.89. The lowest BCUT2D eigenvalue weighted by atomic mass is 10.00. The van der Waals surface area contributed by atoms with Gasteiger partial charge in [-0.05, 0) is 26.0 Å². The quantitative estimate of drug-likeness (QED) is 0.363. The van der Waals surface area contributed by atoms with E-state index in [9.17, 15) is 4.79 Å². The Hall–Kier alpha value is -2.15. The third-order valence-electron chi connectivity index (χ3n) is 4.00. The number of oxime groups is 1. The molecule has 2 heterocycles. The van der Waals surface area contributed by atoms with E-state index in [0.717, 1.165) is 0 Å². The van der Waals surface area contributed by atoms with E-state index in [1.807, 2.05) is 13.8 Å². The molecule has 1 aromatic heterocycles. The SMILES string of the molecule is CC(C)(C(N)=NO)N1CCN(C(=O)c2cccnc2)CC1. The lowest BCUT2D eigenvalue weighted by Crippen LogP contribution is -2.60. The predicted octanol–water partition coefficient (Wildman–Crippen LogP) is 0.364. The van der Waals surface area contributed by atoms with E-state index < -0.39 is 5.54 Å². The molecule has 1 amide bonds. The zero-order chi connectivity index (χ0) is 15.5. The minimum absolute atomic E-state index is 0.00986. The fourth-order valence-electron chi connectivity index (χ4n) is 2.42. The summed E-state index contributed by atoms with van der Waals surface area (Å²) in [5.74, 6) is 0.166. The summed E-state index contributed by atoms with van der Waals surface area (Å²) in [6.45, 7) is 6.37. The van der Waals surface area contributed by atoms with Gasteiger partial charge in [0.1, 0.15) is 0 Å². The van der Waals surface area contributed by atoms with Crippen LogP contribution in [0.1, 0.15) is 24.2 Å². The molecular weight excluding hydrogens is 270 g/mol. The number of piperazine rings is 1. The Morgan fingerprint density at radius 1 is 1.38 bits per heavy atom. The van der Waals surface area contributed by atoms with Crippen LogP contribution in [0.15, 0.2) is 29.7 Å². The molecule has 0 radical (unpaired) electrons. The number of pyridine rings is 1. The van der Waals surface area contributed by atoms with Crippen LogP contribution in [-0.4, -0.2) is 63.5 Å². The summed E-state index contributed by atoms with van der Waals surface area (Å²) in [4.78, 5) is 20.2. The highest BCUT2D eigenvalue weighted by atomic mass is 16.4. The van der Waals surface area contributed by atoms with Gasteiger partial charge in [-0.2, -0.15) is 0 Å². The summed E-state index contributed by atoms with van der Waals surface area (Å²) in [5.41, 5.74) is 5.81. The van der Waals surface area contributed by atoms with Gasteiger partial charge in [-0.15, -0.1) is 0 Å². The van der Waals surface area contributed by atoms with E-state index in [1.54, 1.807) is 29.4 Å². The highest BCUT2D eigenvalue weighted by Crippen LogP contribution is 2.18. The second-order valence-electron chi connectivity index (χ2n) is 5.57. The van der Waals surface area contributed by atoms with Crippen LogP contribution in [0.5, 0.6) is 0 Å². The Labute approximate surface area is 124 Å². The predicted molar refractivity (Wildman–Crippen MR) is 79.2 cm³/mol. The van der Waals surface area contributed by atoms with Gasteiger partial charge in [0.15, 0.2) is 5.84 Å². The Kier molecular flexibility index (Phi) is 4.42. The van der Waals surface area contributed by atoms with Crippen molar-refractivity contribution in [2.45, 2.75) is 19.4 Å². The third kappa shape index (κ3) is 3.13. The van der Waals surface area contributed by atoms with Crippen LogP contribution in [0.4, 0.5) is 0 Å². The molecule has 0 unspecified atom stereocenters. The zero-order valence-corrected chi connectivity index (χ0v) is 12.4. The van der Waals surface area contributed by atoms with E-state index in [0.29, 0.717) is 31.7 Å². The van der Waals surface area contributed by atoms with Crippen molar-refractivity contribution in [3.05, 3.63) is 30.1 Å². The highest BCUT2D eigenvalue weighted by molar-refractivity contribution is 5.94. The Morgan fingerprint density at radius 3 is 2.57 bits per heavy atom. The first-order chi connectivity index (χ1) is 9.96. The molecule has 21 heavy (non-hydrogen) atoms. The number of amidine groups is 1. The first kappa shape index (κ1) is 15.2. The number of hydrogen-bond acceptors (Lipinski definition) is 5. The van der Waals surface area contributed by atoms with Gasteiger partial charge < -0.3 is 15.8 Å². The Bertz CT molecular complexity index is 521. The average molecular weight is 291 g/mol. The van der Waals surface area contributed by atoms with Gasteiger partial charge >= 0.3 is 0 Å². The molecule has 0 aromatic carbocycles. The van der Waals surface area contributed by atoms with Crippen LogP contribution in [0, 0.1) is 0 Å². The van der Waals surface area contributed by atoms with Crippen molar-refractivity contribution >= 4 is 11.7 Å². The van der Waals surface area contributed by atoms with Crippen molar-refractivity contribution in [2.24, 2.45) is 10.9 Å². The summed E-state index contributed by atoms with van der Waals surface area (Å²) >= 11 is 0. The van der Waals surface area contributed by atoms with E-state index >= 15 is 0 Å². The molecule has 0 aliphatic carbocycles. The third-order valence-corrected chi connectivity index (χ3v) is 4.00. The normalized spacial score (nSPS) is 17.8. The lowest BCUT2D eigenvalue weighted by molar-refractivity contribution is 0.0531. The Morgan fingerprint density at radius 2 is 2.05 bits per heavy atom. The summed E-state index contributed by atoms with van der Waals surface area (Å²) in [6.07, 6.45) is 3.23. The summed E-state index contributed by atoms with van der Waals surface area (Å²) in [6, 6.07) is 3.52. The van der Waals surface area contributed by atoms with Crippen molar-refractivity contribution in [1.82, 2.24) is 14.8 Å². The van der Waals surface area contributed by atoms with Crippen molar-refractivity contribution in [1.29, 1.82) is 0 Å². The molecular formula is C14H21N5O2. The Balaban J connectivity index is 1.99. The van der Waals surface area contributed by atoms with E-state index in [1.165, 1.54) is 0 Å². The second-order valence-corrected chi connectivity index (χ2v) is 5.57. The van der Waals surface area contributed by atoms with Crippen LogP contribution in [0.3, 0.4) is 0 Å².